The monoisotopic (exact) mass is 318 g/mol. The van der Waals surface area contributed by atoms with Crippen molar-refractivity contribution in [2.45, 2.75) is 13.8 Å². The number of carbonyl (C=O) groups excluding carboxylic acids is 1. The molecule has 0 amide bonds. The van der Waals surface area contributed by atoms with Crippen molar-refractivity contribution in [1.82, 2.24) is 0 Å². The van der Waals surface area contributed by atoms with E-state index < -0.39 is 15.6 Å². The molecule has 0 aliphatic carbocycles. The lowest BCUT2D eigenvalue weighted by atomic mass is 10.2. The Bertz CT molecular complexity index is 506. The maximum Gasteiger partial charge on any atom is 0.177 e. The van der Waals surface area contributed by atoms with E-state index in [1.54, 1.807) is 24.3 Å². The van der Waals surface area contributed by atoms with E-state index >= 15 is 0 Å². The third-order valence-corrected chi connectivity index (χ3v) is 4.45. The summed E-state index contributed by atoms with van der Waals surface area (Å²) in [7, 11) is -3.31. The third-order valence-electron chi connectivity index (χ3n) is 2.08. The second-order valence-electron chi connectivity index (χ2n) is 4.38. The lowest BCUT2D eigenvalue weighted by Crippen LogP contribution is -2.21. The number of benzene rings is 1. The molecule has 0 saturated heterocycles. The number of hydrogen-bond acceptors (Lipinski definition) is 3. The summed E-state index contributed by atoms with van der Waals surface area (Å²) < 4.78 is 24.1. The Hall–Kier alpha value is -0.680. The van der Waals surface area contributed by atoms with Crippen molar-refractivity contribution in [3.63, 3.8) is 0 Å². The molecule has 0 fully saturated rings. The van der Waals surface area contributed by atoms with Gasteiger partial charge in [0.05, 0.1) is 5.75 Å². The van der Waals surface area contributed by atoms with E-state index in [0.717, 1.165) is 4.47 Å². The Kier molecular flexibility index (Phi) is 4.89. The number of rotatable bonds is 5. The summed E-state index contributed by atoms with van der Waals surface area (Å²) in [4.78, 5) is 11.8. The minimum atomic E-state index is -3.31. The largest absolute Gasteiger partial charge is 0.293 e. The van der Waals surface area contributed by atoms with Crippen LogP contribution < -0.4 is 0 Å². The van der Waals surface area contributed by atoms with Crippen LogP contribution in [0.25, 0.3) is 0 Å². The first-order valence-electron chi connectivity index (χ1n) is 5.29. The molecule has 0 bridgehead atoms. The Balaban J connectivity index is 2.80. The lowest BCUT2D eigenvalue weighted by Gasteiger charge is -2.06. The number of halogens is 1. The van der Waals surface area contributed by atoms with Crippen LogP contribution in [-0.4, -0.2) is 25.7 Å². The summed E-state index contributed by atoms with van der Waals surface area (Å²) in [5, 5.41) is 0. The zero-order chi connectivity index (χ0) is 13.1. The van der Waals surface area contributed by atoms with Gasteiger partial charge in [0, 0.05) is 10.0 Å². The van der Waals surface area contributed by atoms with Gasteiger partial charge in [0.1, 0.15) is 5.75 Å². The van der Waals surface area contributed by atoms with Crippen LogP contribution in [0, 0.1) is 5.92 Å². The van der Waals surface area contributed by atoms with Gasteiger partial charge >= 0.3 is 0 Å². The van der Waals surface area contributed by atoms with Crippen LogP contribution >= 0.6 is 15.9 Å². The minimum Gasteiger partial charge on any atom is -0.293 e. The predicted molar refractivity (Wildman–Crippen MR) is 72.0 cm³/mol. The predicted octanol–water partition coefficient (Wildman–Crippen LogP) is 2.70. The van der Waals surface area contributed by atoms with Crippen LogP contribution in [0.3, 0.4) is 0 Å². The molecule has 17 heavy (non-hydrogen) atoms. The van der Waals surface area contributed by atoms with Gasteiger partial charge in [-0.1, -0.05) is 41.9 Å². The smallest absolute Gasteiger partial charge is 0.177 e. The highest BCUT2D eigenvalue weighted by Gasteiger charge is 2.19. The van der Waals surface area contributed by atoms with Gasteiger partial charge < -0.3 is 0 Å². The van der Waals surface area contributed by atoms with Gasteiger partial charge in [-0.3, -0.25) is 4.79 Å². The highest BCUT2D eigenvalue weighted by Crippen LogP contribution is 2.13. The first-order chi connectivity index (χ1) is 7.80. The van der Waals surface area contributed by atoms with E-state index in [0.29, 0.717) is 5.56 Å². The third kappa shape index (κ3) is 5.00. The van der Waals surface area contributed by atoms with Gasteiger partial charge in [0.15, 0.2) is 15.6 Å². The molecule has 1 aromatic carbocycles. The second kappa shape index (κ2) is 5.78. The van der Waals surface area contributed by atoms with Crippen LogP contribution in [0.2, 0.25) is 0 Å². The first kappa shape index (κ1) is 14.4. The zero-order valence-electron chi connectivity index (χ0n) is 9.81. The summed E-state index contributed by atoms with van der Waals surface area (Å²) in [6.07, 6.45) is 0. The van der Waals surface area contributed by atoms with Gasteiger partial charge in [0.25, 0.3) is 0 Å². The molecule has 0 atom stereocenters. The Labute approximate surface area is 110 Å². The molecular weight excluding hydrogens is 304 g/mol. The standard InChI is InChI=1S/C12H15BrO3S/c1-9(2)7-17(15,16)8-12(14)10-4-3-5-11(13)6-10/h3-6,9H,7-8H2,1-2H3. The number of ketones is 1. The van der Waals surface area contributed by atoms with Crippen molar-refractivity contribution in [3.8, 4) is 0 Å². The SMILES string of the molecule is CC(C)CS(=O)(=O)CC(=O)c1cccc(Br)c1. The van der Waals surface area contributed by atoms with Gasteiger partial charge in [-0.2, -0.15) is 0 Å². The zero-order valence-corrected chi connectivity index (χ0v) is 12.2. The van der Waals surface area contributed by atoms with Crippen LogP contribution in [0.1, 0.15) is 24.2 Å². The quantitative estimate of drug-likeness (QED) is 0.784. The maximum atomic E-state index is 11.8. The van der Waals surface area contributed by atoms with Crippen LogP contribution in [0.4, 0.5) is 0 Å². The Morgan fingerprint density at radius 2 is 2.00 bits per heavy atom. The van der Waals surface area contributed by atoms with Crippen molar-refractivity contribution in [3.05, 3.63) is 34.3 Å². The van der Waals surface area contributed by atoms with Gasteiger partial charge in [-0.05, 0) is 18.1 Å². The van der Waals surface area contributed by atoms with Crippen molar-refractivity contribution in [2.75, 3.05) is 11.5 Å². The number of carbonyl (C=O) groups is 1. The summed E-state index contributed by atoms with van der Waals surface area (Å²) in [6, 6.07) is 6.76. The van der Waals surface area contributed by atoms with E-state index in [1.165, 1.54) is 0 Å². The fourth-order valence-corrected chi connectivity index (χ4v) is 3.61. The summed E-state index contributed by atoms with van der Waals surface area (Å²) in [5.41, 5.74) is 0.423. The van der Waals surface area contributed by atoms with Crippen molar-refractivity contribution in [1.29, 1.82) is 0 Å². The molecule has 0 aromatic heterocycles. The summed E-state index contributed by atoms with van der Waals surface area (Å²) in [5.74, 6) is -0.684. The number of sulfone groups is 1. The lowest BCUT2D eigenvalue weighted by molar-refractivity contribution is 0.102. The number of hydrogen-bond donors (Lipinski definition) is 0. The van der Waals surface area contributed by atoms with Crippen LogP contribution in [-0.2, 0) is 9.84 Å². The van der Waals surface area contributed by atoms with Gasteiger partial charge in [-0.15, -0.1) is 0 Å². The Morgan fingerprint density at radius 1 is 1.35 bits per heavy atom. The van der Waals surface area contributed by atoms with Crippen molar-refractivity contribution >= 4 is 31.6 Å². The molecule has 0 saturated carbocycles. The van der Waals surface area contributed by atoms with E-state index in [2.05, 4.69) is 15.9 Å². The highest BCUT2D eigenvalue weighted by molar-refractivity contribution is 9.10. The van der Waals surface area contributed by atoms with Crippen molar-refractivity contribution < 1.29 is 13.2 Å². The molecule has 3 nitrogen and oxygen atoms in total. The molecule has 0 radical (unpaired) electrons. The average molecular weight is 319 g/mol. The van der Waals surface area contributed by atoms with Crippen LogP contribution in [0.15, 0.2) is 28.7 Å². The molecule has 1 aromatic rings. The summed E-state index contributed by atoms with van der Waals surface area (Å²) in [6.45, 7) is 3.64. The normalized spacial score (nSPS) is 11.8. The molecular formula is C12H15BrO3S. The minimum absolute atomic E-state index is 0.0373. The molecule has 1 rings (SSSR count). The molecule has 0 N–H and O–H groups in total. The van der Waals surface area contributed by atoms with E-state index in [1.807, 2.05) is 13.8 Å². The molecule has 0 heterocycles. The summed E-state index contributed by atoms with van der Waals surface area (Å²) >= 11 is 3.25. The molecule has 0 unspecified atom stereocenters. The molecule has 5 heteroatoms. The molecule has 0 aliphatic heterocycles. The fraction of sp³-hybridized carbons (Fsp3) is 0.417. The average Bonchev–Trinajstić information content (AvgIpc) is 2.14. The van der Waals surface area contributed by atoms with E-state index in [9.17, 15) is 13.2 Å². The molecule has 0 spiro atoms. The molecule has 94 valence electrons. The Morgan fingerprint density at radius 3 is 2.53 bits per heavy atom. The fourth-order valence-electron chi connectivity index (χ4n) is 1.51. The van der Waals surface area contributed by atoms with Crippen LogP contribution in [0.5, 0.6) is 0 Å². The van der Waals surface area contributed by atoms with Gasteiger partial charge in [-0.25, -0.2) is 8.42 Å². The molecule has 0 aliphatic rings. The first-order valence-corrected chi connectivity index (χ1v) is 7.91. The van der Waals surface area contributed by atoms with Gasteiger partial charge in [0.2, 0.25) is 0 Å². The van der Waals surface area contributed by atoms with E-state index in [4.69, 9.17) is 0 Å². The topological polar surface area (TPSA) is 51.2 Å². The number of Topliss-reactive ketones (excluding diaryl/α,β-unsaturated/α-hetero) is 1. The maximum absolute atomic E-state index is 11.8. The van der Waals surface area contributed by atoms with E-state index in [-0.39, 0.29) is 17.5 Å². The second-order valence-corrected chi connectivity index (χ2v) is 7.41. The van der Waals surface area contributed by atoms with Crippen molar-refractivity contribution in [2.24, 2.45) is 5.92 Å². The highest BCUT2D eigenvalue weighted by atomic mass is 79.9.